The average molecular weight is 263 g/mol. The van der Waals surface area contributed by atoms with Gasteiger partial charge in [0.2, 0.25) is 0 Å². The Morgan fingerprint density at radius 1 is 0.882 bits per heavy atom. The minimum atomic E-state index is -0.352. The summed E-state index contributed by atoms with van der Waals surface area (Å²) in [6, 6.07) is 9.06. The number of halogens is 1. The maximum Gasteiger partial charge on any atom is 0.505 e. The van der Waals surface area contributed by atoms with Crippen molar-refractivity contribution in [2.24, 2.45) is 0 Å². The highest BCUT2D eigenvalue weighted by Crippen LogP contribution is 2.11. The number of benzene rings is 1. The molecule has 0 nitrogen and oxygen atoms in total. The van der Waals surface area contributed by atoms with E-state index in [-0.39, 0.29) is 19.3 Å². The fourth-order valence-electron chi connectivity index (χ4n) is 2.09. The van der Waals surface area contributed by atoms with Crippen LogP contribution in [-0.2, 0) is 11.0 Å². The van der Waals surface area contributed by atoms with E-state index in [0.29, 0.717) is 0 Å². The van der Waals surface area contributed by atoms with Crippen LogP contribution in [0.2, 0.25) is 0 Å². The van der Waals surface area contributed by atoms with Crippen LogP contribution in [0.3, 0.4) is 0 Å². The Labute approximate surface area is 120 Å². The van der Waals surface area contributed by atoms with E-state index < -0.39 is 0 Å². The van der Waals surface area contributed by atoms with E-state index >= 15 is 0 Å². The van der Waals surface area contributed by atoms with Gasteiger partial charge in [0.05, 0.1) is 0 Å². The van der Waals surface area contributed by atoms with Crippen molar-refractivity contribution in [1.82, 2.24) is 0 Å². The molecule has 0 N–H and O–H groups in total. The van der Waals surface area contributed by atoms with E-state index in [0.717, 1.165) is 4.55 Å². The molecular weight excluding hydrogens is 240 g/mol. The summed E-state index contributed by atoms with van der Waals surface area (Å²) in [5.41, 5.74) is 2.90. The van der Waals surface area contributed by atoms with Gasteiger partial charge in [0.25, 0.3) is 0 Å². The van der Waals surface area contributed by atoms with Crippen molar-refractivity contribution in [2.75, 3.05) is 0 Å². The largest absolute Gasteiger partial charge is 0.505 e. The van der Waals surface area contributed by atoms with Gasteiger partial charge in [-0.25, -0.2) is 0 Å². The molecule has 17 heavy (non-hydrogen) atoms. The molecule has 0 amide bonds. The summed E-state index contributed by atoms with van der Waals surface area (Å²) < 4.78 is 1.12. The molecule has 1 rings (SSSR count). The van der Waals surface area contributed by atoms with Crippen LogP contribution in [0.1, 0.15) is 56.6 Å². The lowest BCUT2D eigenvalue weighted by atomic mass is 10.0. The normalized spacial score (nSPS) is 10.2. The molecule has 0 saturated heterocycles. The molecule has 92 valence electrons. The summed E-state index contributed by atoms with van der Waals surface area (Å²) in [7, 11) is 5.86. The van der Waals surface area contributed by atoms with Crippen molar-refractivity contribution in [3.05, 3.63) is 35.4 Å². The van der Waals surface area contributed by atoms with Crippen molar-refractivity contribution in [2.45, 2.75) is 56.4 Å². The highest BCUT2D eigenvalue weighted by atomic mass is 35.5. The third-order valence-corrected chi connectivity index (χ3v) is 4.56. The van der Waals surface area contributed by atoms with Crippen LogP contribution in [0.5, 0.6) is 0 Å². The van der Waals surface area contributed by atoms with Crippen LogP contribution in [0, 0.1) is 0 Å². The molecule has 0 saturated carbocycles. The van der Waals surface area contributed by atoms with Crippen molar-refractivity contribution in [3.8, 4) is 0 Å². The molecule has 0 atom stereocenters. The molecule has 0 spiro atoms. The Morgan fingerprint density at radius 2 is 1.47 bits per heavy atom. The summed E-state index contributed by atoms with van der Waals surface area (Å²) in [5.74, 6) is 0. The van der Waals surface area contributed by atoms with Gasteiger partial charge in [0.1, 0.15) is 0 Å². The van der Waals surface area contributed by atoms with Crippen LogP contribution in [-0.4, -0.2) is 19.3 Å². The molecule has 0 heterocycles. The Bertz CT molecular complexity index is 281. The van der Waals surface area contributed by atoms with Crippen molar-refractivity contribution >= 4 is 28.3 Å². The zero-order valence-corrected chi connectivity index (χ0v) is 13.2. The summed E-state index contributed by atoms with van der Waals surface area (Å²) in [6.45, 7) is 2.27. The topological polar surface area (TPSA) is 0 Å². The molecule has 1 aromatic carbocycles. The highest BCUT2D eigenvalue weighted by Gasteiger charge is 1.97. The molecule has 0 aromatic heterocycles. The molecule has 0 aliphatic rings. The molecule has 1 aromatic rings. The number of hydrogen-bond acceptors (Lipinski definition) is 0. The molecule has 0 radical (unpaired) electrons. The van der Waals surface area contributed by atoms with Gasteiger partial charge in [-0.1, -0.05) is 73.4 Å². The summed E-state index contributed by atoms with van der Waals surface area (Å²) in [6.07, 6.45) is 9.52. The average Bonchev–Trinajstić information content (AvgIpc) is 2.36. The van der Waals surface area contributed by atoms with Crippen molar-refractivity contribution < 1.29 is 0 Å². The first-order valence-electron chi connectivity index (χ1n) is 7.00. The molecule has 0 fully saturated rings. The predicted molar refractivity (Wildman–Crippen MR) is 78.8 cm³/mol. The van der Waals surface area contributed by atoms with Gasteiger partial charge < -0.3 is 9.07 Å². The molecule has 0 aliphatic carbocycles. The first-order valence-corrected chi connectivity index (χ1v) is 10.1. The van der Waals surface area contributed by atoms with E-state index in [4.69, 9.17) is 9.07 Å². The quantitative estimate of drug-likeness (QED) is 0.437. The Kier molecular flexibility index (Phi) is 9.22. The van der Waals surface area contributed by atoms with E-state index in [1.165, 1.54) is 56.1 Å². The molecule has 2 heteroatoms. The van der Waals surface area contributed by atoms with Gasteiger partial charge in [0, 0.05) is 0 Å². The smallest absolute Gasteiger partial charge is 0.345 e. The van der Waals surface area contributed by atoms with Crippen LogP contribution >= 0.6 is 9.07 Å². The Balaban J connectivity index is 2.14. The number of hydrogen-bond donors (Lipinski definition) is 0. The lowest BCUT2D eigenvalue weighted by Crippen LogP contribution is -1.91. The van der Waals surface area contributed by atoms with Gasteiger partial charge in [-0.2, -0.15) is 0 Å². The molecule has 0 unspecified atom stereocenters. The monoisotopic (exact) mass is 262 g/mol. The highest BCUT2D eigenvalue weighted by molar-refractivity contribution is 6.93. The van der Waals surface area contributed by atoms with Crippen molar-refractivity contribution in [1.29, 1.82) is 0 Å². The second-order valence-corrected chi connectivity index (χ2v) is 6.79. The van der Waals surface area contributed by atoms with E-state index in [9.17, 15) is 0 Å². The SMILES string of the molecule is CCCCCCCCc1ccc([CH2][Mg][Cl])cc1. The minimum Gasteiger partial charge on any atom is -0.345 e. The maximum absolute atomic E-state index is 5.86. The standard InChI is InChI=1S/C15H23.ClH.Mg/c1-3-4-5-6-7-8-9-15-12-10-14(2)11-13-15;;/h10-13H,2-9H2,1H3;1H;/q;;+1/p-1. The number of aryl methyl sites for hydroxylation is 1. The molecular formula is C15H23ClMg. The summed E-state index contributed by atoms with van der Waals surface area (Å²) >= 11 is -0.352. The maximum atomic E-state index is 5.86. The third kappa shape index (κ3) is 7.33. The summed E-state index contributed by atoms with van der Waals surface area (Å²) in [5, 5.41) is 0. The lowest BCUT2D eigenvalue weighted by Gasteiger charge is -2.03. The zero-order chi connectivity index (χ0) is 12.3. The third-order valence-electron chi connectivity index (χ3n) is 3.23. The lowest BCUT2D eigenvalue weighted by molar-refractivity contribution is 0.607. The second kappa shape index (κ2) is 10.2. The fourth-order valence-corrected chi connectivity index (χ4v) is 3.30. The Hall–Kier alpha value is 0.276. The van der Waals surface area contributed by atoms with E-state index in [2.05, 4.69) is 31.2 Å². The minimum absolute atomic E-state index is 0.352. The van der Waals surface area contributed by atoms with Gasteiger partial charge in [-0.3, -0.25) is 0 Å². The van der Waals surface area contributed by atoms with Crippen LogP contribution < -0.4 is 0 Å². The van der Waals surface area contributed by atoms with Gasteiger partial charge >= 0.3 is 19.3 Å². The van der Waals surface area contributed by atoms with Gasteiger partial charge in [-0.15, -0.1) is 0 Å². The van der Waals surface area contributed by atoms with Gasteiger partial charge in [0.15, 0.2) is 0 Å². The van der Waals surface area contributed by atoms with Crippen LogP contribution in [0.25, 0.3) is 0 Å². The van der Waals surface area contributed by atoms with Crippen molar-refractivity contribution in [3.63, 3.8) is 0 Å². The zero-order valence-electron chi connectivity index (χ0n) is 11.1. The summed E-state index contributed by atoms with van der Waals surface area (Å²) in [4.78, 5) is 0. The number of rotatable bonds is 9. The molecule has 0 bridgehead atoms. The first kappa shape index (κ1) is 15.3. The fraction of sp³-hybridized carbons (Fsp3) is 0.600. The second-order valence-electron chi connectivity index (χ2n) is 4.77. The number of unbranched alkanes of at least 4 members (excludes halogenated alkanes) is 5. The van der Waals surface area contributed by atoms with Crippen LogP contribution in [0.4, 0.5) is 0 Å². The Morgan fingerprint density at radius 3 is 2.12 bits per heavy atom. The van der Waals surface area contributed by atoms with Gasteiger partial charge in [-0.05, 0) is 18.4 Å². The predicted octanol–water partition coefficient (Wildman–Crippen LogP) is 4.95. The van der Waals surface area contributed by atoms with E-state index in [1.807, 2.05) is 0 Å². The molecule has 0 aliphatic heterocycles. The van der Waals surface area contributed by atoms with E-state index in [1.54, 1.807) is 0 Å². The first-order chi connectivity index (χ1) is 8.36. The van der Waals surface area contributed by atoms with Crippen LogP contribution in [0.15, 0.2) is 24.3 Å².